The van der Waals surface area contributed by atoms with Crippen molar-refractivity contribution in [3.63, 3.8) is 0 Å². The summed E-state index contributed by atoms with van der Waals surface area (Å²) in [5, 5.41) is 3.08. The van der Waals surface area contributed by atoms with Crippen LogP contribution in [0, 0.1) is 6.92 Å². The number of hydrogen-bond acceptors (Lipinski definition) is 6. The molecule has 4 rings (SSSR count). The van der Waals surface area contributed by atoms with Crippen molar-refractivity contribution < 1.29 is 9.53 Å². The summed E-state index contributed by atoms with van der Waals surface area (Å²) < 4.78 is 5.40. The Balaban J connectivity index is 1.57. The van der Waals surface area contributed by atoms with Gasteiger partial charge < -0.3 is 15.0 Å². The number of aryl methyl sites for hydroxylation is 1. The summed E-state index contributed by atoms with van der Waals surface area (Å²) >= 11 is 0. The number of benzene rings is 2. The number of morpholine rings is 1. The van der Waals surface area contributed by atoms with Gasteiger partial charge in [0.05, 0.1) is 13.2 Å². The molecule has 0 spiro atoms. The molecular formula is C27H33N5O2. The van der Waals surface area contributed by atoms with Gasteiger partial charge in [-0.25, -0.2) is 9.97 Å². The minimum atomic E-state index is -0.150. The molecule has 2 heterocycles. The third-order valence-corrected chi connectivity index (χ3v) is 5.97. The largest absolute Gasteiger partial charge is 0.379 e. The summed E-state index contributed by atoms with van der Waals surface area (Å²) in [4.78, 5) is 27.1. The van der Waals surface area contributed by atoms with Gasteiger partial charge >= 0.3 is 0 Å². The standard InChI is InChI=1S/C27H33N5O2/c1-3-32(23-12-7-9-21(2)19-23)26-24(20-29-25(30-26)22-10-5-4-6-11-22)27(33)28-13-8-14-31-15-17-34-18-16-31/h4-7,9-12,19-20H,3,8,13-18H2,1-2H3,(H,28,33). The first-order valence-electron chi connectivity index (χ1n) is 12.0. The van der Waals surface area contributed by atoms with Gasteiger partial charge in [0.2, 0.25) is 0 Å². The molecule has 0 aliphatic carbocycles. The highest BCUT2D eigenvalue weighted by molar-refractivity contribution is 5.99. The highest BCUT2D eigenvalue weighted by Crippen LogP contribution is 2.29. The molecule has 1 saturated heterocycles. The van der Waals surface area contributed by atoms with Crippen LogP contribution in [0.4, 0.5) is 11.5 Å². The van der Waals surface area contributed by atoms with E-state index in [0.29, 0.717) is 30.3 Å². The van der Waals surface area contributed by atoms with Gasteiger partial charge in [0, 0.05) is 43.6 Å². The topological polar surface area (TPSA) is 70.6 Å². The summed E-state index contributed by atoms with van der Waals surface area (Å²) in [6.45, 7) is 9.83. The molecule has 0 bridgehead atoms. The molecule has 3 aromatic rings. The molecule has 1 aliphatic heterocycles. The van der Waals surface area contributed by atoms with Gasteiger partial charge in [-0.1, -0.05) is 42.5 Å². The molecule has 7 nitrogen and oxygen atoms in total. The molecule has 1 amide bonds. The van der Waals surface area contributed by atoms with Crippen LogP contribution in [0.25, 0.3) is 11.4 Å². The Morgan fingerprint density at radius 3 is 2.65 bits per heavy atom. The van der Waals surface area contributed by atoms with Gasteiger partial charge in [-0.15, -0.1) is 0 Å². The first-order chi connectivity index (χ1) is 16.7. The zero-order valence-corrected chi connectivity index (χ0v) is 20.0. The normalized spacial score (nSPS) is 14.1. The summed E-state index contributed by atoms with van der Waals surface area (Å²) in [5.41, 5.74) is 3.56. The highest BCUT2D eigenvalue weighted by Gasteiger charge is 2.21. The van der Waals surface area contributed by atoms with Crippen LogP contribution in [0.5, 0.6) is 0 Å². The summed E-state index contributed by atoms with van der Waals surface area (Å²) in [5.74, 6) is 1.07. The smallest absolute Gasteiger partial charge is 0.256 e. The lowest BCUT2D eigenvalue weighted by atomic mass is 10.1. The molecule has 34 heavy (non-hydrogen) atoms. The van der Waals surface area contributed by atoms with E-state index in [2.05, 4.69) is 46.1 Å². The maximum Gasteiger partial charge on any atom is 0.256 e. The van der Waals surface area contributed by atoms with Crippen molar-refractivity contribution in [3.8, 4) is 11.4 Å². The maximum absolute atomic E-state index is 13.2. The fourth-order valence-corrected chi connectivity index (χ4v) is 4.14. The minimum absolute atomic E-state index is 0.150. The molecule has 1 aliphatic rings. The number of carbonyl (C=O) groups excluding carboxylic acids is 1. The fourth-order valence-electron chi connectivity index (χ4n) is 4.14. The number of amides is 1. The number of aromatic nitrogens is 2. The molecule has 2 aromatic carbocycles. The van der Waals surface area contributed by atoms with Gasteiger partial charge in [-0.2, -0.15) is 0 Å². The summed E-state index contributed by atoms with van der Waals surface area (Å²) in [7, 11) is 0. The van der Waals surface area contributed by atoms with Crippen molar-refractivity contribution in [1.82, 2.24) is 20.2 Å². The van der Waals surface area contributed by atoms with Gasteiger partial charge in [0.25, 0.3) is 5.91 Å². The molecule has 0 saturated carbocycles. The molecule has 1 aromatic heterocycles. The molecule has 7 heteroatoms. The summed E-state index contributed by atoms with van der Waals surface area (Å²) in [6.07, 6.45) is 2.54. The van der Waals surface area contributed by atoms with E-state index < -0.39 is 0 Å². The van der Waals surface area contributed by atoms with Crippen LogP contribution < -0.4 is 10.2 Å². The third-order valence-electron chi connectivity index (χ3n) is 5.97. The summed E-state index contributed by atoms with van der Waals surface area (Å²) in [6, 6.07) is 18.1. The predicted octanol–water partition coefficient (Wildman–Crippen LogP) is 4.06. The van der Waals surface area contributed by atoms with Crippen molar-refractivity contribution in [2.45, 2.75) is 20.3 Å². The molecule has 1 N–H and O–H groups in total. The molecule has 0 unspecified atom stereocenters. The van der Waals surface area contributed by atoms with Crippen LogP contribution in [0.1, 0.15) is 29.3 Å². The van der Waals surface area contributed by atoms with Gasteiger partial charge in [0.15, 0.2) is 5.82 Å². The van der Waals surface area contributed by atoms with E-state index in [1.807, 2.05) is 42.5 Å². The van der Waals surface area contributed by atoms with Crippen molar-refractivity contribution >= 4 is 17.4 Å². The maximum atomic E-state index is 13.2. The lowest BCUT2D eigenvalue weighted by molar-refractivity contribution is 0.0374. The number of nitrogens with one attached hydrogen (secondary N) is 1. The van der Waals surface area contributed by atoms with Crippen LogP contribution in [-0.2, 0) is 4.74 Å². The molecule has 1 fully saturated rings. The van der Waals surface area contributed by atoms with Gasteiger partial charge in [0.1, 0.15) is 11.4 Å². The van der Waals surface area contributed by atoms with Crippen LogP contribution in [-0.4, -0.2) is 66.7 Å². The van der Waals surface area contributed by atoms with E-state index in [9.17, 15) is 4.79 Å². The van der Waals surface area contributed by atoms with E-state index in [1.165, 1.54) is 0 Å². The zero-order valence-electron chi connectivity index (χ0n) is 20.0. The van der Waals surface area contributed by atoms with Crippen molar-refractivity contribution in [3.05, 3.63) is 71.9 Å². The van der Waals surface area contributed by atoms with E-state index >= 15 is 0 Å². The zero-order chi connectivity index (χ0) is 23.8. The molecule has 0 atom stereocenters. The Hall–Kier alpha value is -3.29. The average Bonchev–Trinajstić information content (AvgIpc) is 2.88. The van der Waals surface area contributed by atoms with Crippen LogP contribution in [0.2, 0.25) is 0 Å². The van der Waals surface area contributed by atoms with E-state index in [0.717, 1.165) is 56.1 Å². The predicted molar refractivity (Wildman–Crippen MR) is 136 cm³/mol. The lowest BCUT2D eigenvalue weighted by Gasteiger charge is -2.26. The number of hydrogen-bond donors (Lipinski definition) is 1. The van der Waals surface area contributed by atoms with E-state index in [-0.39, 0.29) is 5.91 Å². The van der Waals surface area contributed by atoms with Crippen molar-refractivity contribution in [2.75, 3.05) is 50.8 Å². The second-order valence-corrected chi connectivity index (χ2v) is 8.44. The Labute approximate surface area is 201 Å². The SMILES string of the molecule is CCN(c1cccc(C)c1)c1nc(-c2ccccc2)ncc1C(=O)NCCCN1CCOCC1. The minimum Gasteiger partial charge on any atom is -0.379 e. The highest BCUT2D eigenvalue weighted by atomic mass is 16.5. The number of anilines is 2. The number of rotatable bonds is 9. The first-order valence-corrected chi connectivity index (χ1v) is 12.0. The fraction of sp³-hybridized carbons (Fsp3) is 0.370. The Morgan fingerprint density at radius 2 is 1.91 bits per heavy atom. The van der Waals surface area contributed by atoms with Crippen molar-refractivity contribution in [1.29, 1.82) is 0 Å². The van der Waals surface area contributed by atoms with E-state index in [1.54, 1.807) is 6.20 Å². The van der Waals surface area contributed by atoms with Crippen LogP contribution in [0.15, 0.2) is 60.8 Å². The van der Waals surface area contributed by atoms with Gasteiger partial charge in [-0.05, 0) is 44.5 Å². The lowest BCUT2D eigenvalue weighted by Crippen LogP contribution is -2.38. The molecule has 0 radical (unpaired) electrons. The van der Waals surface area contributed by atoms with Crippen LogP contribution in [0.3, 0.4) is 0 Å². The van der Waals surface area contributed by atoms with Crippen molar-refractivity contribution in [2.24, 2.45) is 0 Å². The van der Waals surface area contributed by atoms with E-state index in [4.69, 9.17) is 9.72 Å². The van der Waals surface area contributed by atoms with Gasteiger partial charge in [-0.3, -0.25) is 9.69 Å². The first kappa shape index (κ1) is 23.9. The number of nitrogens with zero attached hydrogens (tertiary/aromatic N) is 4. The second-order valence-electron chi connectivity index (χ2n) is 8.44. The Morgan fingerprint density at radius 1 is 1.12 bits per heavy atom. The second kappa shape index (κ2) is 11.7. The Kier molecular flexibility index (Phi) is 8.22. The number of carbonyl (C=O) groups is 1. The molecular weight excluding hydrogens is 426 g/mol. The molecule has 178 valence electrons. The number of ether oxygens (including phenoxy) is 1. The monoisotopic (exact) mass is 459 g/mol. The van der Waals surface area contributed by atoms with Crippen LogP contribution >= 0.6 is 0 Å². The average molecular weight is 460 g/mol. The Bertz CT molecular complexity index is 1080. The quantitative estimate of drug-likeness (QED) is 0.487. The third kappa shape index (κ3) is 5.98.